The van der Waals surface area contributed by atoms with E-state index in [2.05, 4.69) is 215 Å². The van der Waals surface area contributed by atoms with Gasteiger partial charge in [-0.2, -0.15) is 0 Å². The topological polar surface area (TPSA) is 23.0 Å². The molecule has 3 nitrogen and oxygen atoms in total. The molecule has 0 spiro atoms. The second kappa shape index (κ2) is 12.2. The molecule has 0 saturated carbocycles. The molecule has 0 radical (unpaired) electrons. The average molecular weight is 775 g/mol. The van der Waals surface area contributed by atoms with Gasteiger partial charge in [-0.15, -0.1) is 0 Å². The van der Waals surface area contributed by atoms with E-state index in [1.54, 1.807) is 0 Å². The third-order valence-electron chi connectivity index (χ3n) is 13.2. The highest BCUT2D eigenvalue weighted by Gasteiger charge is 2.19. The Bertz CT molecular complexity index is 4130. The first-order chi connectivity index (χ1) is 30.2. The lowest BCUT2D eigenvalue weighted by atomic mass is 9.90. The van der Waals surface area contributed by atoms with E-state index in [1.165, 1.54) is 103 Å². The van der Waals surface area contributed by atoms with Gasteiger partial charge in [0.2, 0.25) is 0 Å². The molecule has 0 unspecified atom stereocenters. The van der Waals surface area contributed by atoms with Crippen LogP contribution in [0, 0.1) is 0 Å². The maximum atomic E-state index is 6.59. The fraction of sp³-hybridized carbons (Fsp3) is 0. The average Bonchev–Trinajstić information content (AvgIpc) is 3.98. The van der Waals surface area contributed by atoms with Gasteiger partial charge in [0.05, 0.1) is 22.1 Å². The van der Waals surface area contributed by atoms with E-state index in [4.69, 9.17) is 4.42 Å². The van der Waals surface area contributed by atoms with Gasteiger partial charge in [0.15, 0.2) is 0 Å². The molecule has 0 atom stereocenters. The summed E-state index contributed by atoms with van der Waals surface area (Å²) in [6.07, 6.45) is 0. The molecular formula is C58H34N2O. The minimum atomic E-state index is 0.916. The van der Waals surface area contributed by atoms with E-state index in [-0.39, 0.29) is 0 Å². The van der Waals surface area contributed by atoms with Crippen LogP contribution >= 0.6 is 0 Å². The van der Waals surface area contributed by atoms with Crippen LogP contribution in [0.5, 0.6) is 0 Å². The zero-order valence-corrected chi connectivity index (χ0v) is 32.9. The smallest absolute Gasteiger partial charge is 0.136 e. The zero-order chi connectivity index (χ0) is 39.8. The predicted molar refractivity (Wildman–Crippen MR) is 258 cm³/mol. The molecule has 61 heavy (non-hydrogen) atoms. The molecule has 0 fully saturated rings. The van der Waals surface area contributed by atoms with Crippen LogP contribution in [-0.2, 0) is 0 Å². The third-order valence-corrected chi connectivity index (χ3v) is 13.2. The van der Waals surface area contributed by atoms with Crippen LogP contribution in [0.1, 0.15) is 0 Å². The van der Waals surface area contributed by atoms with Gasteiger partial charge in [-0.1, -0.05) is 127 Å². The van der Waals surface area contributed by atoms with Crippen LogP contribution in [0.15, 0.2) is 211 Å². The molecule has 14 aromatic rings. The molecule has 0 aliphatic carbocycles. The molecule has 0 aliphatic heterocycles. The second-order valence-electron chi connectivity index (χ2n) is 16.4. The Hall–Kier alpha value is -8.14. The second-order valence-corrected chi connectivity index (χ2v) is 16.4. The van der Waals surface area contributed by atoms with E-state index in [0.717, 1.165) is 27.9 Å². The minimum Gasteiger partial charge on any atom is -0.456 e. The maximum absolute atomic E-state index is 6.59. The summed E-state index contributed by atoms with van der Waals surface area (Å²) in [4.78, 5) is 0. The fourth-order valence-corrected chi connectivity index (χ4v) is 10.6. The Morgan fingerprint density at radius 1 is 0.262 bits per heavy atom. The molecule has 3 aromatic heterocycles. The number of nitrogens with zero attached hydrogens (tertiary/aromatic N) is 2. The first-order valence-corrected chi connectivity index (χ1v) is 21.0. The molecular weight excluding hydrogens is 741 g/mol. The maximum Gasteiger partial charge on any atom is 0.136 e. The van der Waals surface area contributed by atoms with Crippen molar-refractivity contribution in [2.24, 2.45) is 0 Å². The summed E-state index contributed by atoms with van der Waals surface area (Å²) in [5.41, 5.74) is 11.3. The number of furan rings is 1. The molecule has 0 bridgehead atoms. The van der Waals surface area contributed by atoms with E-state index in [9.17, 15) is 0 Å². The van der Waals surface area contributed by atoms with Crippen molar-refractivity contribution in [2.45, 2.75) is 0 Å². The summed E-state index contributed by atoms with van der Waals surface area (Å²) >= 11 is 0. The van der Waals surface area contributed by atoms with Gasteiger partial charge in [0.25, 0.3) is 0 Å². The summed E-state index contributed by atoms with van der Waals surface area (Å²) in [5, 5.41) is 17.2. The number of rotatable bonds is 3. The van der Waals surface area contributed by atoms with Gasteiger partial charge in [-0.3, -0.25) is 0 Å². The summed E-state index contributed by atoms with van der Waals surface area (Å²) in [6, 6.07) is 75.6. The molecule has 14 rings (SSSR count). The number of aromatic nitrogens is 2. The summed E-state index contributed by atoms with van der Waals surface area (Å²) in [7, 11) is 0. The van der Waals surface area contributed by atoms with Crippen LogP contribution in [0.4, 0.5) is 0 Å². The van der Waals surface area contributed by atoms with E-state index >= 15 is 0 Å². The van der Waals surface area contributed by atoms with Crippen LogP contribution in [-0.4, -0.2) is 9.13 Å². The largest absolute Gasteiger partial charge is 0.456 e. The van der Waals surface area contributed by atoms with Gasteiger partial charge < -0.3 is 13.6 Å². The van der Waals surface area contributed by atoms with Gasteiger partial charge in [0, 0.05) is 49.1 Å². The highest BCUT2D eigenvalue weighted by Crippen LogP contribution is 2.45. The monoisotopic (exact) mass is 774 g/mol. The van der Waals surface area contributed by atoms with Crippen LogP contribution in [0.2, 0.25) is 0 Å². The van der Waals surface area contributed by atoms with Crippen LogP contribution in [0.25, 0.3) is 131 Å². The van der Waals surface area contributed by atoms with Gasteiger partial charge in [-0.25, -0.2) is 0 Å². The fourth-order valence-electron chi connectivity index (χ4n) is 10.6. The van der Waals surface area contributed by atoms with Crippen LogP contribution < -0.4 is 0 Å². The van der Waals surface area contributed by atoms with Crippen LogP contribution in [0.3, 0.4) is 0 Å². The Balaban J connectivity index is 0.966. The summed E-state index contributed by atoms with van der Waals surface area (Å²) in [6.45, 7) is 0. The van der Waals surface area contributed by atoms with E-state index in [0.29, 0.717) is 0 Å². The zero-order valence-electron chi connectivity index (χ0n) is 32.9. The van der Waals surface area contributed by atoms with Crippen molar-refractivity contribution in [3.63, 3.8) is 0 Å². The number of para-hydroxylation sites is 3. The highest BCUT2D eigenvalue weighted by molar-refractivity contribution is 6.35. The summed E-state index contributed by atoms with van der Waals surface area (Å²) < 4.78 is 11.4. The molecule has 0 saturated heterocycles. The summed E-state index contributed by atoms with van der Waals surface area (Å²) in [5.74, 6) is 0. The van der Waals surface area contributed by atoms with Gasteiger partial charge >= 0.3 is 0 Å². The van der Waals surface area contributed by atoms with Crippen molar-refractivity contribution in [3.05, 3.63) is 206 Å². The Labute approximate surface area is 349 Å². The Morgan fingerprint density at radius 3 is 1.52 bits per heavy atom. The standard InChI is InChI=1S/C58H34N2O/c1-2-13-37-33-56-50(32-36(37)12-1)58-55(61-56)29-27-46-41-16-3-4-17-42(41)48-31-38(24-26-47(48)57(46)58)35-14-11-15-39(30-35)59-53-23-10-7-20-45(53)49-34-40(25-28-54(49)59)60-51-21-8-5-18-43(51)44-19-6-9-22-52(44)60/h1-34H. The number of fused-ring (bicyclic) bond motifs is 17. The molecule has 0 N–H and O–H groups in total. The van der Waals surface area contributed by atoms with E-state index in [1.807, 2.05) is 0 Å². The third kappa shape index (κ3) is 4.58. The Morgan fingerprint density at radius 2 is 0.803 bits per heavy atom. The van der Waals surface area contributed by atoms with Crippen molar-refractivity contribution < 1.29 is 4.42 Å². The van der Waals surface area contributed by atoms with Crippen molar-refractivity contribution in [3.8, 4) is 22.5 Å². The number of hydrogen-bond acceptors (Lipinski definition) is 1. The first-order valence-electron chi connectivity index (χ1n) is 21.0. The van der Waals surface area contributed by atoms with Gasteiger partial charge in [0.1, 0.15) is 11.2 Å². The first kappa shape index (κ1) is 32.8. The lowest BCUT2D eigenvalue weighted by Gasteiger charge is -2.14. The van der Waals surface area contributed by atoms with Crippen molar-refractivity contribution in [1.29, 1.82) is 0 Å². The molecule has 3 heteroatoms. The number of benzene rings is 11. The van der Waals surface area contributed by atoms with Crippen molar-refractivity contribution in [2.75, 3.05) is 0 Å². The quantitative estimate of drug-likeness (QED) is 0.164. The lowest BCUT2D eigenvalue weighted by molar-refractivity contribution is 0.670. The molecule has 0 aliphatic rings. The van der Waals surface area contributed by atoms with Crippen molar-refractivity contribution >= 4 is 109 Å². The normalized spacial score (nSPS) is 12.3. The Kier molecular flexibility index (Phi) is 6.56. The van der Waals surface area contributed by atoms with E-state index < -0.39 is 0 Å². The highest BCUT2D eigenvalue weighted by atomic mass is 16.3. The predicted octanol–water partition coefficient (Wildman–Crippen LogP) is 16.1. The molecule has 11 aromatic carbocycles. The van der Waals surface area contributed by atoms with Gasteiger partial charge in [-0.05, 0) is 128 Å². The SMILES string of the molecule is c1cc(-c2ccc3c(c2)c2ccccc2c2ccc4oc5cc6ccccc6cc5c4c23)cc(-n2c3ccccc3c3cc(-n4c5ccccc5c5ccccc54)ccc32)c1. The number of hydrogen-bond donors (Lipinski definition) is 0. The van der Waals surface area contributed by atoms with Crippen molar-refractivity contribution in [1.82, 2.24) is 9.13 Å². The minimum absolute atomic E-state index is 0.916. The molecule has 3 heterocycles. The lowest BCUT2D eigenvalue weighted by Crippen LogP contribution is -1.96. The molecule has 282 valence electrons. The molecule has 0 amide bonds.